The smallest absolute Gasteiger partial charge is 0.443 e. The molecule has 1 aliphatic heterocycles. The summed E-state index contributed by atoms with van der Waals surface area (Å²) in [5.74, 6) is 1.06. The van der Waals surface area contributed by atoms with Crippen LogP contribution in [0.1, 0.15) is 236 Å². The number of aromatic nitrogens is 18. The van der Waals surface area contributed by atoms with Gasteiger partial charge in [-0.3, -0.25) is 32.8 Å². The van der Waals surface area contributed by atoms with Gasteiger partial charge in [-0.05, 0) is 162 Å². The molecule has 128 heavy (non-hydrogen) atoms. The first-order valence-electron chi connectivity index (χ1n) is 42.1. The molecule has 0 bridgehead atoms. The zero-order chi connectivity index (χ0) is 87.0. The van der Waals surface area contributed by atoms with Crippen molar-refractivity contribution in [3.8, 4) is 40.7 Å². The van der Waals surface area contributed by atoms with E-state index < -0.39 is 27.0 Å². The van der Waals surface area contributed by atoms with Gasteiger partial charge >= 0.3 is 19.1 Å². The molecule has 3 saturated carbocycles. The minimum Gasteiger partial charge on any atom is -0.443 e. The molecule has 11 aromatic rings. The Hall–Kier alpha value is -9.56. The Balaban J connectivity index is 0.000000337. The van der Waals surface area contributed by atoms with Crippen molar-refractivity contribution < 1.29 is 37.8 Å². The summed E-state index contributed by atoms with van der Waals surface area (Å²) in [5, 5.41) is 45.9. The van der Waals surface area contributed by atoms with Crippen LogP contribution in [0.2, 0.25) is 61.7 Å². The van der Waals surface area contributed by atoms with Crippen molar-refractivity contribution >= 4 is 108 Å². The van der Waals surface area contributed by atoms with E-state index in [1.165, 1.54) is 89.2 Å². The Bertz CT molecular complexity index is 5380. The molecule has 12 heterocycles. The molecule has 0 spiro atoms. The third-order valence-corrected chi connectivity index (χ3v) is 27.1. The Kier molecular flexibility index (Phi) is 42.3. The minimum absolute atomic E-state index is 0. The van der Waals surface area contributed by atoms with Gasteiger partial charge in [-0.2, -0.15) is 31.1 Å². The van der Waals surface area contributed by atoms with Crippen LogP contribution in [0.25, 0.3) is 66.6 Å². The lowest BCUT2D eigenvalue weighted by molar-refractivity contribution is -0.157. The topological polar surface area (TPSA) is 337 Å². The number of hydrogen-bond acceptors (Lipinski definition) is 22. The summed E-state index contributed by atoms with van der Waals surface area (Å²) in [6.45, 7) is 36.0. The van der Waals surface area contributed by atoms with Crippen molar-refractivity contribution in [2.45, 2.75) is 325 Å². The van der Waals surface area contributed by atoms with Crippen molar-refractivity contribution in [1.29, 1.82) is 15.8 Å². The van der Waals surface area contributed by atoms with Crippen molar-refractivity contribution in [2.24, 2.45) is 28.6 Å². The Morgan fingerprint density at radius 3 is 1.08 bits per heavy atom. The normalized spacial score (nSPS) is 15.5. The summed E-state index contributed by atoms with van der Waals surface area (Å²) >= 11 is 11.9. The number of fused-ring (bicyclic) bond motifs is 4. The molecule has 3 atom stereocenters. The third kappa shape index (κ3) is 28.7. The van der Waals surface area contributed by atoms with Crippen molar-refractivity contribution in [3.63, 3.8) is 0 Å². The summed E-state index contributed by atoms with van der Waals surface area (Å²) in [7, 11) is -2.51. The second kappa shape index (κ2) is 48.9. The highest BCUT2D eigenvalue weighted by Crippen LogP contribution is 2.42. The van der Waals surface area contributed by atoms with Gasteiger partial charge in [0.25, 0.3) is 0 Å². The van der Waals surface area contributed by atoms with Gasteiger partial charge in [0.05, 0.1) is 112 Å². The van der Waals surface area contributed by atoms with Gasteiger partial charge in [0.2, 0.25) is 0 Å². The predicted molar refractivity (Wildman–Crippen MR) is 521 cm³/mol. The molecule has 34 heteroatoms. The van der Waals surface area contributed by atoms with E-state index in [4.69, 9.17) is 51.5 Å². The van der Waals surface area contributed by atoms with Crippen LogP contribution in [0.4, 0.5) is 0 Å². The molecule has 3 aliphatic carbocycles. The zero-order valence-electron chi connectivity index (χ0n) is 73.1. The number of halogens is 2. The highest BCUT2D eigenvalue weighted by atomic mass is 35.5. The lowest BCUT2D eigenvalue weighted by Crippen LogP contribution is -2.41. The van der Waals surface area contributed by atoms with E-state index in [9.17, 15) is 25.4 Å². The summed E-state index contributed by atoms with van der Waals surface area (Å²) < 4.78 is 47.8. The monoisotopic (exact) mass is 1830 g/mol. The number of esters is 2. The predicted octanol–water partition coefficient (Wildman–Crippen LogP) is 23.0. The maximum Gasteiger partial charge on any atom is 0.498 e. The fourth-order valence-electron chi connectivity index (χ4n) is 15.3. The first-order chi connectivity index (χ1) is 57.5. The van der Waals surface area contributed by atoms with Gasteiger partial charge in [-0.15, -0.1) is 0 Å². The first-order valence-corrected chi connectivity index (χ1v) is 50.3. The summed E-state index contributed by atoms with van der Waals surface area (Å²) in [5.41, 5.74) is 5.70. The highest BCUT2D eigenvalue weighted by molar-refractivity contribution is 6.76. The average Bonchev–Trinajstić information content (AvgIpc) is 1.60. The summed E-state index contributed by atoms with van der Waals surface area (Å²) in [6.07, 6.45) is 41.0. The molecule has 1 saturated heterocycles. The van der Waals surface area contributed by atoms with E-state index >= 15 is 0 Å². The van der Waals surface area contributed by atoms with Gasteiger partial charge in [0, 0.05) is 106 Å². The number of ether oxygens (including phenoxy) is 4. The van der Waals surface area contributed by atoms with E-state index in [0.29, 0.717) is 72.1 Å². The maximum absolute atomic E-state index is 12.1. The van der Waals surface area contributed by atoms with Crippen LogP contribution in [-0.2, 0) is 64.8 Å². The van der Waals surface area contributed by atoms with E-state index in [1.807, 2.05) is 132 Å². The van der Waals surface area contributed by atoms with Crippen molar-refractivity contribution in [3.05, 3.63) is 122 Å². The Morgan fingerprint density at radius 2 is 0.758 bits per heavy atom. The molecular formula is C94H146BCl2N21O8Si2. The second-order valence-electron chi connectivity index (χ2n) is 37.4. The lowest BCUT2D eigenvalue weighted by Gasteiger charge is -2.32. The molecule has 0 N–H and O–H groups in total. The van der Waals surface area contributed by atoms with Crippen molar-refractivity contribution in [2.75, 3.05) is 13.2 Å². The van der Waals surface area contributed by atoms with Crippen LogP contribution in [0.3, 0.4) is 0 Å². The van der Waals surface area contributed by atoms with Crippen LogP contribution in [0.15, 0.2) is 112 Å². The Morgan fingerprint density at radius 1 is 0.461 bits per heavy atom. The lowest BCUT2D eigenvalue weighted by atomic mass is 9.82. The molecule has 4 fully saturated rings. The largest absolute Gasteiger partial charge is 0.498 e. The molecule has 3 unspecified atom stereocenters. The molecular weight excluding hydrogens is 1690 g/mol. The second-order valence-corrected chi connectivity index (χ2v) is 49.3. The molecule has 11 aromatic heterocycles. The van der Waals surface area contributed by atoms with Crippen LogP contribution in [-0.4, -0.2) is 147 Å². The first kappa shape index (κ1) is 111. The van der Waals surface area contributed by atoms with Gasteiger partial charge in [0.15, 0.2) is 13.5 Å². The van der Waals surface area contributed by atoms with Crippen LogP contribution < -0.4 is 5.46 Å². The standard InChI is InChI=1S/C23H28N6O2.C23H32N6OSi.C17H26BN3O2.C12H14ClN3O2.C12H18ClN3OSi.7CH4/c1-23(2,3)22(30)31-15-28-11-9-18-20(25-14-26-21(18)28)17-12-27-29(13-17)19(8-10-24)16-6-4-5-7-16;1-31(2,3)13-12-30-17-28-11-9-20-22(25-16-26-23(20)28)19-14-27-29(15-19)21(8-10-24)18-6-4-5-7-18;1-16(2)17(3,4)23-18(22-16)14-11-20-21(12-14)15(9-10-19)13-7-5-6-8-13;1-12(2,3)11(17)18-7-16-5-4-8-9(13)14-6-15-10(8)16;1-18(2,3)7-6-17-9-16-5-4-10-11(13)14-8-15-12(10)16;;;;;;;/h9,11-14,16,19H,4-8,15H2,1-3H3;9,11,14-16,18,21H,4-8,12-13,17H2,1-3H3;11-13,15H,5-9H2,1-4H3;4-6H,7H2,1-3H3;4-5,8H,6-7,9H2,1-3H3;7*1H4. The fraction of sp³-hybridized carbons (Fsp3) is 0.596. The van der Waals surface area contributed by atoms with E-state index in [-0.39, 0.29) is 114 Å². The van der Waals surface area contributed by atoms with Gasteiger partial charge in [-0.1, -0.05) is 153 Å². The molecule has 0 radical (unpaired) electrons. The minimum atomic E-state index is -1.10. The number of nitriles is 3. The van der Waals surface area contributed by atoms with E-state index in [2.05, 4.69) is 140 Å². The number of rotatable bonds is 26. The number of carbonyl (C=O) groups is 2. The molecule has 29 nitrogen and oxygen atoms in total. The molecule has 700 valence electrons. The number of nitrogens with zero attached hydrogens (tertiary/aromatic N) is 21. The van der Waals surface area contributed by atoms with Gasteiger partial charge in [0.1, 0.15) is 71.7 Å². The SMILES string of the molecule is C.C.C.C.C.C.C.CC(C)(C)C(=O)OCn1ccc2c(-c3cnn(C(CC#N)C4CCCC4)c3)ncnc21.CC(C)(C)C(=O)OCn1ccc2c(Cl)ncnc21.CC1(C)OB(c2cnn(C(CC#N)C3CCCC3)c2)OC1(C)C.C[Si](C)(C)CCOCn1ccc2c(-c3cnn(C(CC#N)C4CCCC4)c3)ncnc21.C[Si](C)(C)CCOCn1ccc2c(Cl)ncnc21. The summed E-state index contributed by atoms with van der Waals surface area (Å²) in [4.78, 5) is 57.9. The number of carbonyl (C=O) groups excluding carboxylic acids is 2. The van der Waals surface area contributed by atoms with Crippen LogP contribution in [0.5, 0.6) is 0 Å². The highest BCUT2D eigenvalue weighted by Gasteiger charge is 2.52. The third-order valence-electron chi connectivity index (χ3n) is 23.1. The molecule has 4 aliphatic rings. The molecule has 0 aromatic carbocycles. The van der Waals surface area contributed by atoms with Gasteiger partial charge in [-0.25, -0.2) is 39.9 Å². The van der Waals surface area contributed by atoms with Crippen LogP contribution in [0, 0.1) is 62.6 Å². The quantitative estimate of drug-likeness (QED) is 0.0210. The van der Waals surface area contributed by atoms with Gasteiger partial charge < -0.3 is 37.4 Å². The fourth-order valence-corrected chi connectivity index (χ4v) is 17.2. The summed E-state index contributed by atoms with van der Waals surface area (Å²) in [6, 6.07) is 17.4. The molecule has 15 rings (SSSR count). The van der Waals surface area contributed by atoms with E-state index in [0.717, 1.165) is 92.9 Å². The Labute approximate surface area is 774 Å². The zero-order valence-corrected chi connectivity index (χ0v) is 76.6. The maximum atomic E-state index is 12.1. The van der Waals surface area contributed by atoms with Crippen LogP contribution >= 0.6 is 23.2 Å². The number of hydrogen-bond donors (Lipinski definition) is 0. The van der Waals surface area contributed by atoms with Crippen molar-refractivity contribution in [1.82, 2.24) is 87.5 Å². The molecule has 0 amide bonds. The average molecular weight is 1840 g/mol. The van der Waals surface area contributed by atoms with E-state index in [1.54, 1.807) is 33.9 Å².